The summed E-state index contributed by atoms with van der Waals surface area (Å²) in [6, 6.07) is 13.0. The van der Waals surface area contributed by atoms with Crippen molar-refractivity contribution in [3.8, 4) is 34.5 Å². The third-order valence-corrected chi connectivity index (χ3v) is 8.91. The molecule has 4 rings (SSSR count). The SMILES string of the molecule is COc1cc(CC[C@@H](O)[C@@H](Cc2cccc(O)c2CO)C(=O)CC2(c3cc(O)c(O)c(OC)c3)CCCCC2)ccc1O. The van der Waals surface area contributed by atoms with E-state index in [1.54, 1.807) is 30.3 Å². The van der Waals surface area contributed by atoms with Crippen LogP contribution in [0.5, 0.6) is 34.5 Å². The lowest BCUT2D eigenvalue weighted by Gasteiger charge is -2.39. The normalized spacial score (nSPS) is 15.9. The summed E-state index contributed by atoms with van der Waals surface area (Å²) in [6.45, 7) is -0.414. The van der Waals surface area contributed by atoms with Gasteiger partial charge in [-0.2, -0.15) is 0 Å². The van der Waals surface area contributed by atoms with Gasteiger partial charge in [-0.3, -0.25) is 4.79 Å². The topological polar surface area (TPSA) is 157 Å². The van der Waals surface area contributed by atoms with Crippen LogP contribution >= 0.6 is 0 Å². The molecule has 6 N–H and O–H groups in total. The van der Waals surface area contributed by atoms with Gasteiger partial charge in [0.2, 0.25) is 5.75 Å². The molecule has 3 aromatic carbocycles. The number of benzene rings is 3. The van der Waals surface area contributed by atoms with Crippen molar-refractivity contribution < 1.29 is 44.9 Å². The molecular formula is C34H42O9. The zero-order chi connectivity index (χ0) is 31.1. The molecule has 0 bridgehead atoms. The van der Waals surface area contributed by atoms with E-state index in [2.05, 4.69) is 0 Å². The number of carbonyl (C=O) groups excluding carboxylic acids is 1. The van der Waals surface area contributed by atoms with Gasteiger partial charge in [0.05, 0.1) is 26.9 Å². The van der Waals surface area contributed by atoms with Crippen LogP contribution in [0.25, 0.3) is 0 Å². The number of ether oxygens (including phenoxy) is 2. The molecule has 1 saturated carbocycles. The number of methoxy groups -OCH3 is 2. The molecule has 3 aromatic rings. The van der Waals surface area contributed by atoms with Crippen LogP contribution in [0.3, 0.4) is 0 Å². The number of hydrogen-bond acceptors (Lipinski definition) is 9. The molecule has 43 heavy (non-hydrogen) atoms. The minimum Gasteiger partial charge on any atom is -0.508 e. The van der Waals surface area contributed by atoms with Gasteiger partial charge in [-0.25, -0.2) is 0 Å². The van der Waals surface area contributed by atoms with Gasteiger partial charge >= 0.3 is 0 Å². The predicted octanol–water partition coefficient (Wildman–Crippen LogP) is 5.03. The fraction of sp³-hybridized carbons (Fsp3) is 0.441. The van der Waals surface area contributed by atoms with Crippen molar-refractivity contribution in [2.45, 2.75) is 75.9 Å². The Balaban J connectivity index is 1.67. The summed E-state index contributed by atoms with van der Waals surface area (Å²) >= 11 is 0. The van der Waals surface area contributed by atoms with Crippen molar-refractivity contribution >= 4 is 5.78 Å². The van der Waals surface area contributed by atoms with Crippen molar-refractivity contribution in [2.24, 2.45) is 5.92 Å². The molecule has 0 radical (unpaired) electrons. The third kappa shape index (κ3) is 7.17. The molecule has 232 valence electrons. The van der Waals surface area contributed by atoms with Gasteiger partial charge in [0.25, 0.3) is 0 Å². The fourth-order valence-electron chi connectivity index (χ4n) is 6.41. The van der Waals surface area contributed by atoms with Gasteiger partial charge < -0.3 is 40.1 Å². The predicted molar refractivity (Wildman–Crippen MR) is 161 cm³/mol. The first-order valence-electron chi connectivity index (χ1n) is 14.7. The number of aryl methyl sites for hydroxylation is 1. The molecule has 9 heteroatoms. The van der Waals surface area contributed by atoms with E-state index in [0.717, 1.165) is 24.8 Å². The maximum atomic E-state index is 14.3. The Morgan fingerprint density at radius 3 is 2.28 bits per heavy atom. The number of aromatic hydroxyl groups is 4. The number of rotatable bonds is 13. The number of hydrogen-bond donors (Lipinski definition) is 6. The van der Waals surface area contributed by atoms with Crippen LogP contribution in [0.4, 0.5) is 0 Å². The minimum absolute atomic E-state index is 0.00921. The molecule has 1 aliphatic rings. The smallest absolute Gasteiger partial charge is 0.200 e. The number of ketones is 1. The number of Topliss-reactive ketones (excluding diaryl/α,β-unsaturated/α-hetero) is 1. The van der Waals surface area contributed by atoms with Gasteiger partial charge in [0.15, 0.2) is 23.0 Å². The van der Waals surface area contributed by atoms with Crippen LogP contribution in [-0.2, 0) is 29.7 Å². The Hall–Kier alpha value is -3.95. The first-order valence-corrected chi connectivity index (χ1v) is 14.7. The molecule has 0 saturated heterocycles. The van der Waals surface area contributed by atoms with Crippen LogP contribution in [0.2, 0.25) is 0 Å². The lowest BCUT2D eigenvalue weighted by molar-refractivity contribution is -0.128. The van der Waals surface area contributed by atoms with Crippen LogP contribution in [0, 0.1) is 5.92 Å². The minimum atomic E-state index is -1.05. The monoisotopic (exact) mass is 594 g/mol. The molecule has 0 unspecified atom stereocenters. The van der Waals surface area contributed by atoms with Crippen molar-refractivity contribution in [1.82, 2.24) is 0 Å². The Morgan fingerprint density at radius 2 is 1.60 bits per heavy atom. The molecule has 0 aliphatic heterocycles. The first-order chi connectivity index (χ1) is 20.6. The second kappa shape index (κ2) is 14.0. The summed E-state index contributed by atoms with van der Waals surface area (Å²) < 4.78 is 10.5. The second-order valence-corrected chi connectivity index (χ2v) is 11.5. The van der Waals surface area contributed by atoms with Crippen molar-refractivity contribution in [2.75, 3.05) is 14.2 Å². The highest BCUT2D eigenvalue weighted by Crippen LogP contribution is 2.48. The number of aliphatic hydroxyl groups excluding tert-OH is 2. The first kappa shape index (κ1) is 32.0. The molecule has 0 aromatic heterocycles. The highest BCUT2D eigenvalue weighted by molar-refractivity contribution is 5.83. The molecular weight excluding hydrogens is 552 g/mol. The summed E-state index contributed by atoms with van der Waals surface area (Å²) in [7, 11) is 2.86. The standard InChI is InChI=1S/C34H42O9/c1-42-31-15-21(10-12-28(31)38)9-11-27(37)24(16-22-7-6-8-26(36)25(22)20-35)30(40)19-34(13-4-3-5-14-34)23-17-29(39)33(41)32(18-23)43-2/h6-8,10,12,15,17-18,24,27,35-39,41H,3-5,9,11,13-14,16,19-20H2,1-2H3/t24-,27-/m1/s1. The Bertz CT molecular complexity index is 1410. The summed E-state index contributed by atoms with van der Waals surface area (Å²) in [5.74, 6) is -1.32. The number of phenolic OH excluding ortho intramolecular Hbond substituents is 3. The van der Waals surface area contributed by atoms with E-state index in [4.69, 9.17) is 9.47 Å². The molecule has 1 aliphatic carbocycles. The van der Waals surface area contributed by atoms with E-state index in [9.17, 15) is 35.4 Å². The Labute approximate surface area is 252 Å². The number of aliphatic hydroxyl groups is 2. The average Bonchev–Trinajstić information content (AvgIpc) is 3.00. The van der Waals surface area contributed by atoms with Gasteiger partial charge in [-0.15, -0.1) is 0 Å². The number of carbonyl (C=O) groups is 1. The van der Waals surface area contributed by atoms with Crippen LogP contribution in [0.15, 0.2) is 48.5 Å². The van der Waals surface area contributed by atoms with Crippen LogP contribution in [0.1, 0.15) is 67.2 Å². The molecule has 0 heterocycles. The fourth-order valence-corrected chi connectivity index (χ4v) is 6.41. The lowest BCUT2D eigenvalue weighted by atomic mass is 9.65. The Morgan fingerprint density at radius 1 is 0.884 bits per heavy atom. The maximum Gasteiger partial charge on any atom is 0.200 e. The highest BCUT2D eigenvalue weighted by atomic mass is 16.5. The maximum absolute atomic E-state index is 14.3. The largest absolute Gasteiger partial charge is 0.508 e. The quantitative estimate of drug-likeness (QED) is 0.149. The van der Waals surface area contributed by atoms with Crippen LogP contribution in [-0.4, -0.2) is 56.7 Å². The van der Waals surface area contributed by atoms with Gasteiger partial charge in [-0.1, -0.05) is 37.5 Å². The highest BCUT2D eigenvalue weighted by Gasteiger charge is 2.40. The molecule has 1 fully saturated rings. The van der Waals surface area contributed by atoms with Crippen LogP contribution < -0.4 is 9.47 Å². The second-order valence-electron chi connectivity index (χ2n) is 11.5. The summed E-state index contributed by atoms with van der Waals surface area (Å²) in [4.78, 5) is 14.3. The van der Waals surface area contributed by atoms with Crippen molar-refractivity contribution in [3.05, 3.63) is 70.8 Å². The van der Waals surface area contributed by atoms with E-state index < -0.39 is 24.0 Å². The third-order valence-electron chi connectivity index (χ3n) is 8.91. The van der Waals surface area contributed by atoms with E-state index in [0.29, 0.717) is 41.7 Å². The van der Waals surface area contributed by atoms with Gasteiger partial charge in [0, 0.05) is 23.3 Å². The summed E-state index contributed by atoms with van der Waals surface area (Å²) in [5, 5.41) is 62.5. The zero-order valence-electron chi connectivity index (χ0n) is 24.8. The number of phenols is 4. The van der Waals surface area contributed by atoms with Gasteiger partial charge in [-0.05, 0) is 79.1 Å². The lowest BCUT2D eigenvalue weighted by Crippen LogP contribution is -2.38. The van der Waals surface area contributed by atoms with E-state index in [1.807, 2.05) is 0 Å². The Kier molecular flexibility index (Phi) is 10.4. The molecule has 0 amide bonds. The average molecular weight is 595 g/mol. The van der Waals surface area contributed by atoms with E-state index in [1.165, 1.54) is 32.4 Å². The van der Waals surface area contributed by atoms with Crippen molar-refractivity contribution in [1.29, 1.82) is 0 Å². The molecule has 0 spiro atoms. The van der Waals surface area contributed by atoms with Gasteiger partial charge in [0.1, 0.15) is 11.5 Å². The summed E-state index contributed by atoms with van der Waals surface area (Å²) in [6.07, 6.45) is 3.99. The zero-order valence-corrected chi connectivity index (χ0v) is 24.8. The summed E-state index contributed by atoms with van der Waals surface area (Å²) in [5.41, 5.74) is 1.78. The van der Waals surface area contributed by atoms with E-state index in [-0.39, 0.29) is 53.8 Å². The molecule has 9 nitrogen and oxygen atoms in total. The molecule has 2 atom stereocenters. The van der Waals surface area contributed by atoms with Crippen molar-refractivity contribution in [3.63, 3.8) is 0 Å². The van der Waals surface area contributed by atoms with E-state index >= 15 is 0 Å².